The number of aromatic nitrogens is 5. The topological polar surface area (TPSA) is 85.6 Å². The van der Waals surface area contributed by atoms with Crippen molar-refractivity contribution in [3.05, 3.63) is 11.1 Å². The first-order valence-corrected chi connectivity index (χ1v) is 8.80. The molecule has 0 aliphatic carbocycles. The molecule has 2 heterocycles. The average Bonchev–Trinajstić information content (AvgIpc) is 3.03. The van der Waals surface area contributed by atoms with Crippen LogP contribution in [0.5, 0.6) is 0 Å². The number of nitrogens with zero attached hydrogens (tertiary/aromatic N) is 5. The van der Waals surface area contributed by atoms with Gasteiger partial charge in [0.15, 0.2) is 5.13 Å². The minimum absolute atomic E-state index is 0.0203. The average molecular weight is 340 g/mol. The summed E-state index contributed by atoms with van der Waals surface area (Å²) in [6, 6.07) is 0.161. The van der Waals surface area contributed by atoms with Gasteiger partial charge in [0.1, 0.15) is 0 Å². The Morgan fingerprint density at radius 3 is 2.77 bits per heavy atom. The van der Waals surface area contributed by atoms with E-state index in [1.165, 1.54) is 23.1 Å². The van der Waals surface area contributed by atoms with Gasteiger partial charge in [0.2, 0.25) is 11.1 Å². The molecule has 9 heteroatoms. The van der Waals surface area contributed by atoms with Crippen LogP contribution < -0.4 is 5.32 Å². The van der Waals surface area contributed by atoms with Crippen LogP contribution in [0.1, 0.15) is 46.4 Å². The van der Waals surface area contributed by atoms with Gasteiger partial charge in [-0.2, -0.15) is 0 Å². The number of rotatable bonds is 5. The molecule has 0 fully saturated rings. The van der Waals surface area contributed by atoms with Crippen molar-refractivity contribution in [2.45, 2.75) is 51.2 Å². The molecule has 120 valence electrons. The molecule has 0 saturated heterocycles. The molecule has 22 heavy (non-hydrogen) atoms. The maximum Gasteiger partial charge on any atom is 0.236 e. The van der Waals surface area contributed by atoms with Crippen LogP contribution in [0.4, 0.5) is 5.13 Å². The Kier molecular flexibility index (Phi) is 5.17. The van der Waals surface area contributed by atoms with Gasteiger partial charge in [-0.25, -0.2) is 9.67 Å². The minimum Gasteiger partial charge on any atom is -0.301 e. The SMILES string of the molecule is CC(C)n1nnnc1SCC(=O)Nc1nc(C(C)(C)C)cs1. The Balaban J connectivity index is 1.91. The molecule has 1 amide bonds. The number of thioether (sulfide) groups is 1. The van der Waals surface area contributed by atoms with Crippen molar-refractivity contribution in [1.82, 2.24) is 25.2 Å². The molecule has 1 N–H and O–H groups in total. The predicted molar refractivity (Wildman–Crippen MR) is 88.4 cm³/mol. The summed E-state index contributed by atoms with van der Waals surface area (Å²) in [7, 11) is 0. The number of tetrazole rings is 1. The third-order valence-corrected chi connectivity index (χ3v) is 4.49. The van der Waals surface area contributed by atoms with Crippen molar-refractivity contribution >= 4 is 34.1 Å². The van der Waals surface area contributed by atoms with Crippen LogP contribution in [-0.4, -0.2) is 36.9 Å². The van der Waals surface area contributed by atoms with Gasteiger partial charge in [0.05, 0.1) is 17.5 Å². The standard InChI is InChI=1S/C13H20N6OS2/c1-8(2)19-12(16-17-18-19)22-7-10(20)15-11-14-9(6-21-11)13(3,4)5/h6,8H,7H2,1-5H3,(H,14,15,20). The van der Waals surface area contributed by atoms with Gasteiger partial charge in [0.25, 0.3) is 0 Å². The normalized spacial score (nSPS) is 11.9. The van der Waals surface area contributed by atoms with E-state index >= 15 is 0 Å². The van der Waals surface area contributed by atoms with Crippen LogP contribution in [0, 0.1) is 0 Å². The summed E-state index contributed by atoms with van der Waals surface area (Å²) >= 11 is 2.75. The Morgan fingerprint density at radius 1 is 1.45 bits per heavy atom. The third kappa shape index (κ3) is 4.26. The minimum atomic E-state index is -0.113. The predicted octanol–water partition coefficient (Wildman–Crippen LogP) is 2.74. The van der Waals surface area contributed by atoms with Crippen molar-refractivity contribution in [2.24, 2.45) is 0 Å². The maximum atomic E-state index is 12.0. The zero-order chi connectivity index (χ0) is 16.3. The highest BCUT2D eigenvalue weighted by Crippen LogP contribution is 2.26. The Morgan fingerprint density at radius 2 is 2.18 bits per heavy atom. The molecule has 7 nitrogen and oxygen atoms in total. The van der Waals surface area contributed by atoms with Crippen molar-refractivity contribution in [2.75, 3.05) is 11.1 Å². The molecule has 2 rings (SSSR count). The second-order valence-electron chi connectivity index (χ2n) is 6.12. The molecule has 0 bridgehead atoms. The highest BCUT2D eigenvalue weighted by molar-refractivity contribution is 7.99. The second-order valence-corrected chi connectivity index (χ2v) is 7.93. The molecule has 2 aromatic rings. The van der Waals surface area contributed by atoms with Crippen LogP contribution in [0.15, 0.2) is 10.5 Å². The fourth-order valence-electron chi connectivity index (χ4n) is 1.57. The molecule has 0 aliphatic rings. The van der Waals surface area contributed by atoms with E-state index in [0.29, 0.717) is 10.3 Å². The highest BCUT2D eigenvalue weighted by Gasteiger charge is 2.18. The van der Waals surface area contributed by atoms with E-state index in [9.17, 15) is 4.79 Å². The van der Waals surface area contributed by atoms with E-state index in [1.807, 2.05) is 19.2 Å². The van der Waals surface area contributed by atoms with E-state index < -0.39 is 0 Å². The van der Waals surface area contributed by atoms with Gasteiger partial charge in [0, 0.05) is 10.8 Å². The maximum absolute atomic E-state index is 12.0. The van der Waals surface area contributed by atoms with Gasteiger partial charge in [-0.1, -0.05) is 32.5 Å². The van der Waals surface area contributed by atoms with E-state index in [4.69, 9.17) is 0 Å². The number of anilines is 1. The fourth-order valence-corrected chi connectivity index (χ4v) is 3.33. The Bertz CT molecular complexity index is 643. The smallest absolute Gasteiger partial charge is 0.236 e. The zero-order valence-corrected chi connectivity index (χ0v) is 15.0. The van der Waals surface area contributed by atoms with E-state index in [0.717, 1.165) is 5.69 Å². The summed E-state index contributed by atoms with van der Waals surface area (Å²) in [6.07, 6.45) is 0. The van der Waals surface area contributed by atoms with Crippen molar-refractivity contribution in [1.29, 1.82) is 0 Å². The van der Waals surface area contributed by atoms with Gasteiger partial charge in [-0.3, -0.25) is 4.79 Å². The Labute approximate surface area is 137 Å². The van der Waals surface area contributed by atoms with Crippen LogP contribution in [0.3, 0.4) is 0 Å². The van der Waals surface area contributed by atoms with E-state index in [1.54, 1.807) is 4.68 Å². The third-order valence-electron chi connectivity index (χ3n) is 2.80. The molecule has 0 aromatic carbocycles. The number of carbonyl (C=O) groups excluding carboxylic acids is 1. The molecule has 0 atom stereocenters. The Hall–Kier alpha value is -1.48. The summed E-state index contributed by atoms with van der Waals surface area (Å²) < 4.78 is 1.69. The number of thiazole rings is 1. The summed E-state index contributed by atoms with van der Waals surface area (Å²) in [5, 5.41) is 17.5. The largest absolute Gasteiger partial charge is 0.301 e. The lowest BCUT2D eigenvalue weighted by Gasteiger charge is -2.14. The van der Waals surface area contributed by atoms with Crippen LogP contribution in [0.25, 0.3) is 0 Å². The number of hydrogen-bond donors (Lipinski definition) is 1. The second kappa shape index (κ2) is 6.74. The number of hydrogen-bond acceptors (Lipinski definition) is 7. The van der Waals surface area contributed by atoms with Crippen LogP contribution >= 0.6 is 23.1 Å². The molecule has 0 aliphatic heterocycles. The monoisotopic (exact) mass is 340 g/mol. The van der Waals surface area contributed by atoms with Gasteiger partial charge in [-0.15, -0.1) is 16.4 Å². The van der Waals surface area contributed by atoms with E-state index in [2.05, 4.69) is 46.6 Å². The fraction of sp³-hybridized carbons (Fsp3) is 0.615. The summed E-state index contributed by atoms with van der Waals surface area (Å²) in [4.78, 5) is 16.4. The first-order valence-electron chi connectivity index (χ1n) is 6.94. The lowest BCUT2D eigenvalue weighted by atomic mass is 9.93. The van der Waals surface area contributed by atoms with Crippen molar-refractivity contribution in [3.63, 3.8) is 0 Å². The zero-order valence-electron chi connectivity index (χ0n) is 13.3. The molecule has 0 radical (unpaired) electrons. The van der Waals surface area contributed by atoms with Crippen molar-refractivity contribution < 1.29 is 4.79 Å². The summed E-state index contributed by atoms with van der Waals surface area (Å²) in [5.41, 5.74) is 0.956. The molecular formula is C13H20N6OS2. The number of nitrogens with one attached hydrogen (secondary N) is 1. The molecule has 0 unspecified atom stereocenters. The molecule has 0 saturated carbocycles. The van der Waals surface area contributed by atoms with Crippen molar-refractivity contribution in [3.8, 4) is 0 Å². The van der Waals surface area contributed by atoms with Gasteiger partial charge in [-0.05, 0) is 24.3 Å². The quantitative estimate of drug-likeness (QED) is 0.842. The summed E-state index contributed by atoms with van der Waals surface area (Å²) in [5.74, 6) is 0.135. The lowest BCUT2D eigenvalue weighted by molar-refractivity contribution is -0.113. The first kappa shape index (κ1) is 16.9. The number of carbonyl (C=O) groups is 1. The summed E-state index contributed by atoms with van der Waals surface area (Å²) in [6.45, 7) is 10.3. The highest BCUT2D eigenvalue weighted by atomic mass is 32.2. The molecule has 2 aromatic heterocycles. The van der Waals surface area contributed by atoms with Gasteiger partial charge < -0.3 is 5.32 Å². The molecular weight excluding hydrogens is 320 g/mol. The van der Waals surface area contributed by atoms with E-state index in [-0.39, 0.29) is 23.1 Å². The lowest BCUT2D eigenvalue weighted by Crippen LogP contribution is -2.16. The first-order chi connectivity index (χ1) is 10.3. The molecule has 0 spiro atoms. The number of amides is 1. The van der Waals surface area contributed by atoms with Crippen LogP contribution in [-0.2, 0) is 10.2 Å². The van der Waals surface area contributed by atoms with Crippen LogP contribution in [0.2, 0.25) is 0 Å². The van der Waals surface area contributed by atoms with Gasteiger partial charge >= 0.3 is 0 Å².